The Morgan fingerprint density at radius 1 is 1.33 bits per heavy atom. The first-order valence-corrected chi connectivity index (χ1v) is 4.42. The van der Waals surface area contributed by atoms with Gasteiger partial charge in [0.1, 0.15) is 0 Å². The minimum absolute atomic E-state index is 1.06. The molecule has 62 valence electrons. The van der Waals surface area contributed by atoms with Crippen LogP contribution in [0.15, 0.2) is 47.3 Å². The van der Waals surface area contributed by atoms with Crippen molar-refractivity contribution in [3.05, 3.63) is 47.3 Å². The normalized spacial score (nSPS) is 20.2. The van der Waals surface area contributed by atoms with Gasteiger partial charge in [0.05, 0.1) is 0 Å². The first-order chi connectivity index (χ1) is 5.90. The van der Waals surface area contributed by atoms with Gasteiger partial charge in [-0.1, -0.05) is 25.2 Å². The van der Waals surface area contributed by atoms with Crippen LogP contribution < -0.4 is 5.32 Å². The summed E-state index contributed by atoms with van der Waals surface area (Å²) in [6, 6.07) is 0. The quantitative estimate of drug-likeness (QED) is 0.620. The Labute approximate surface area is 73.2 Å². The van der Waals surface area contributed by atoms with Gasteiger partial charge < -0.3 is 5.32 Å². The van der Waals surface area contributed by atoms with E-state index < -0.39 is 0 Å². The molecule has 2 bridgehead atoms. The molecule has 0 spiro atoms. The van der Waals surface area contributed by atoms with Gasteiger partial charge in [-0.2, -0.15) is 0 Å². The zero-order valence-corrected chi connectivity index (χ0v) is 7.30. The molecule has 1 nitrogen and oxygen atoms in total. The summed E-state index contributed by atoms with van der Waals surface area (Å²) in [5.41, 5.74) is 4.18. The summed E-state index contributed by atoms with van der Waals surface area (Å²) >= 11 is 0. The molecule has 1 N–H and O–H groups in total. The van der Waals surface area contributed by atoms with Crippen molar-refractivity contribution in [3.63, 3.8) is 0 Å². The lowest BCUT2D eigenvalue weighted by molar-refractivity contribution is 0.881. The maximum atomic E-state index is 3.30. The molecule has 0 fully saturated rings. The Bertz CT molecular complexity index is 303. The van der Waals surface area contributed by atoms with Crippen LogP contribution in [0.3, 0.4) is 0 Å². The topological polar surface area (TPSA) is 12.0 Å². The van der Waals surface area contributed by atoms with Crippen LogP contribution in [0.2, 0.25) is 0 Å². The van der Waals surface area contributed by atoms with Gasteiger partial charge in [-0.05, 0) is 23.6 Å². The van der Waals surface area contributed by atoms with Crippen molar-refractivity contribution >= 4 is 0 Å². The van der Waals surface area contributed by atoms with Gasteiger partial charge in [-0.15, -0.1) is 0 Å². The summed E-state index contributed by atoms with van der Waals surface area (Å²) in [5, 5.41) is 3.30. The highest BCUT2D eigenvalue weighted by atomic mass is 14.9. The fourth-order valence-corrected chi connectivity index (χ4v) is 1.59. The van der Waals surface area contributed by atoms with E-state index >= 15 is 0 Å². The lowest BCUT2D eigenvalue weighted by Crippen LogP contribution is -2.13. The second kappa shape index (κ2) is 3.02. The maximum Gasteiger partial charge on any atom is 0.0191 e. The fourth-order valence-electron chi connectivity index (χ4n) is 1.59. The minimum Gasteiger partial charge on any atom is -0.364 e. The van der Waals surface area contributed by atoms with Gasteiger partial charge in [0, 0.05) is 18.3 Å². The number of allylic oxidation sites excluding steroid dienone is 6. The molecule has 2 rings (SSSR count). The lowest BCUT2D eigenvalue weighted by Gasteiger charge is -2.18. The van der Waals surface area contributed by atoms with E-state index in [0.29, 0.717) is 0 Å². The summed E-state index contributed by atoms with van der Waals surface area (Å²) < 4.78 is 0. The van der Waals surface area contributed by atoms with E-state index in [4.69, 9.17) is 0 Å². The molecule has 0 aromatic heterocycles. The van der Waals surface area contributed by atoms with Gasteiger partial charge in [0.2, 0.25) is 0 Å². The molecule has 1 aliphatic carbocycles. The number of rotatable bonds is 1. The number of hydrogen-bond acceptors (Lipinski definition) is 1. The predicted molar refractivity (Wildman–Crippen MR) is 51.4 cm³/mol. The molecule has 0 unspecified atom stereocenters. The summed E-state index contributed by atoms with van der Waals surface area (Å²) in [6.45, 7) is 2.19. The molecular formula is C11H13N. The molecule has 0 saturated heterocycles. The molecule has 1 aliphatic heterocycles. The fraction of sp³-hybridized carbons (Fsp3) is 0.273. The second-order valence-electron chi connectivity index (χ2n) is 3.11. The van der Waals surface area contributed by atoms with Crippen LogP contribution in [-0.2, 0) is 0 Å². The van der Waals surface area contributed by atoms with Gasteiger partial charge in [0.25, 0.3) is 0 Å². The van der Waals surface area contributed by atoms with Gasteiger partial charge in [0.15, 0.2) is 0 Å². The third-order valence-corrected chi connectivity index (χ3v) is 2.31. The van der Waals surface area contributed by atoms with Gasteiger partial charge in [-0.3, -0.25) is 0 Å². The van der Waals surface area contributed by atoms with Crippen molar-refractivity contribution in [1.82, 2.24) is 5.32 Å². The third-order valence-electron chi connectivity index (χ3n) is 2.31. The Balaban J connectivity index is 2.39. The molecule has 0 aromatic rings. The molecule has 1 heterocycles. The van der Waals surface area contributed by atoms with Crippen LogP contribution in [0.4, 0.5) is 0 Å². The highest BCUT2D eigenvalue weighted by molar-refractivity contribution is 5.43. The number of hydrogen-bond donors (Lipinski definition) is 1. The molecular weight excluding hydrogens is 146 g/mol. The van der Waals surface area contributed by atoms with Crippen LogP contribution in [0.1, 0.15) is 19.8 Å². The largest absolute Gasteiger partial charge is 0.364 e. The van der Waals surface area contributed by atoms with E-state index in [2.05, 4.69) is 42.7 Å². The standard InChI is InChI=1S/C11H13N/c1-2-9-8-12-11-6-4-3-5-10(9)7-11/h3-6,8,12H,2,7H2,1H3. The maximum absolute atomic E-state index is 3.30. The van der Waals surface area contributed by atoms with E-state index in [1.807, 2.05) is 0 Å². The number of fused-ring (bicyclic) bond motifs is 2. The zero-order chi connectivity index (χ0) is 8.39. The van der Waals surface area contributed by atoms with Crippen LogP contribution in [0, 0.1) is 0 Å². The second-order valence-corrected chi connectivity index (χ2v) is 3.11. The smallest absolute Gasteiger partial charge is 0.0191 e. The molecule has 0 saturated carbocycles. The SMILES string of the molecule is CCC1=CNC2=CC=CC=C1C2. The van der Waals surface area contributed by atoms with Crippen LogP contribution in [0.25, 0.3) is 0 Å². The van der Waals surface area contributed by atoms with E-state index in [0.717, 1.165) is 12.8 Å². The number of nitrogens with one attached hydrogen (secondary N) is 1. The molecule has 12 heavy (non-hydrogen) atoms. The molecule has 2 aliphatic rings. The zero-order valence-electron chi connectivity index (χ0n) is 7.30. The molecule has 1 heteroatoms. The average molecular weight is 159 g/mol. The Kier molecular flexibility index (Phi) is 1.86. The van der Waals surface area contributed by atoms with Crippen molar-refractivity contribution in [1.29, 1.82) is 0 Å². The summed E-state index contributed by atoms with van der Waals surface area (Å²) in [6.07, 6.45) is 12.8. The van der Waals surface area contributed by atoms with Crippen LogP contribution >= 0.6 is 0 Å². The minimum atomic E-state index is 1.06. The van der Waals surface area contributed by atoms with E-state index in [9.17, 15) is 0 Å². The Hall–Kier alpha value is -1.24. The first kappa shape index (κ1) is 7.41. The van der Waals surface area contributed by atoms with Crippen molar-refractivity contribution < 1.29 is 0 Å². The predicted octanol–water partition coefficient (Wildman–Crippen LogP) is 2.65. The van der Waals surface area contributed by atoms with Gasteiger partial charge in [-0.25, -0.2) is 0 Å². The monoisotopic (exact) mass is 159 g/mol. The van der Waals surface area contributed by atoms with Crippen molar-refractivity contribution in [2.45, 2.75) is 19.8 Å². The Morgan fingerprint density at radius 3 is 3.00 bits per heavy atom. The summed E-state index contributed by atoms with van der Waals surface area (Å²) in [7, 11) is 0. The van der Waals surface area contributed by atoms with Crippen LogP contribution in [0.5, 0.6) is 0 Å². The summed E-state index contributed by atoms with van der Waals surface area (Å²) in [4.78, 5) is 0. The van der Waals surface area contributed by atoms with Crippen molar-refractivity contribution in [3.8, 4) is 0 Å². The van der Waals surface area contributed by atoms with Crippen molar-refractivity contribution in [2.24, 2.45) is 0 Å². The van der Waals surface area contributed by atoms with E-state index in [1.165, 1.54) is 16.8 Å². The molecule has 0 radical (unpaired) electrons. The lowest BCUT2D eigenvalue weighted by atomic mass is 9.97. The van der Waals surface area contributed by atoms with E-state index in [-0.39, 0.29) is 0 Å². The van der Waals surface area contributed by atoms with Gasteiger partial charge >= 0.3 is 0 Å². The molecule has 0 amide bonds. The van der Waals surface area contributed by atoms with E-state index in [1.54, 1.807) is 0 Å². The van der Waals surface area contributed by atoms with Crippen molar-refractivity contribution in [2.75, 3.05) is 0 Å². The first-order valence-electron chi connectivity index (χ1n) is 4.42. The highest BCUT2D eigenvalue weighted by Crippen LogP contribution is 2.25. The molecule has 0 atom stereocenters. The molecule has 0 aromatic carbocycles. The average Bonchev–Trinajstić information content (AvgIpc) is 2.29. The third kappa shape index (κ3) is 1.22. The summed E-state index contributed by atoms with van der Waals surface area (Å²) in [5.74, 6) is 0. The van der Waals surface area contributed by atoms with Crippen LogP contribution in [-0.4, -0.2) is 0 Å². The Morgan fingerprint density at radius 2 is 2.17 bits per heavy atom. The highest BCUT2D eigenvalue weighted by Gasteiger charge is 2.11.